The predicted octanol–water partition coefficient (Wildman–Crippen LogP) is 4.34. The monoisotopic (exact) mass is 371 g/mol. The van der Waals surface area contributed by atoms with Gasteiger partial charge in [-0.3, -0.25) is 0 Å². The summed E-state index contributed by atoms with van der Waals surface area (Å²) in [4.78, 5) is 23.7. The quantitative estimate of drug-likeness (QED) is 0.656. The van der Waals surface area contributed by atoms with Crippen LogP contribution in [-0.4, -0.2) is 25.0 Å². The van der Waals surface area contributed by atoms with Crippen LogP contribution in [0.15, 0.2) is 78.9 Å². The van der Waals surface area contributed by atoms with Gasteiger partial charge in [0.1, 0.15) is 12.9 Å². The molecule has 3 aromatic carbocycles. The Labute approximate surface area is 164 Å². The zero-order chi connectivity index (χ0) is 19.3. The maximum Gasteiger partial charge on any atom is 0.407 e. The van der Waals surface area contributed by atoms with E-state index in [1.807, 2.05) is 54.6 Å². The lowest BCUT2D eigenvalue weighted by Gasteiger charge is -2.16. The molecule has 0 saturated heterocycles. The van der Waals surface area contributed by atoms with Gasteiger partial charge in [0.15, 0.2) is 0 Å². The van der Waals surface area contributed by atoms with Crippen molar-refractivity contribution < 1.29 is 14.3 Å². The van der Waals surface area contributed by atoms with Crippen molar-refractivity contribution in [3.8, 4) is 11.1 Å². The smallest absolute Gasteiger partial charge is 0.407 e. The summed E-state index contributed by atoms with van der Waals surface area (Å²) in [6, 6.07) is 25.3. The average Bonchev–Trinajstić information content (AvgIpc) is 3.06. The van der Waals surface area contributed by atoms with E-state index in [2.05, 4.69) is 29.6 Å². The van der Waals surface area contributed by atoms with Crippen molar-refractivity contribution in [2.45, 2.75) is 18.4 Å². The number of hydrogen-bond donors (Lipinski definition) is 1. The normalized spacial score (nSPS) is 13.3. The number of ether oxygens (including phenoxy) is 1. The molecule has 0 spiro atoms. The van der Waals surface area contributed by atoms with Gasteiger partial charge in [0.2, 0.25) is 0 Å². The molecule has 0 saturated carbocycles. The van der Waals surface area contributed by atoms with E-state index in [1.54, 1.807) is 0 Å². The van der Waals surface area contributed by atoms with Gasteiger partial charge in [-0.15, -0.1) is 0 Å². The second-order valence-electron chi connectivity index (χ2n) is 6.90. The van der Waals surface area contributed by atoms with Gasteiger partial charge in [-0.1, -0.05) is 78.9 Å². The van der Waals surface area contributed by atoms with Gasteiger partial charge < -0.3 is 14.8 Å². The van der Waals surface area contributed by atoms with E-state index >= 15 is 0 Å². The number of nitrogens with one attached hydrogen (secondary N) is 1. The molecule has 1 atom stereocenters. The molecule has 140 valence electrons. The number of hydrogen-bond acceptors (Lipinski definition) is 3. The molecular weight excluding hydrogens is 350 g/mol. The molecule has 0 aromatic heterocycles. The number of amides is 1. The number of rotatable bonds is 6. The minimum absolute atomic E-state index is 0.00181. The van der Waals surface area contributed by atoms with Crippen LogP contribution in [0.5, 0.6) is 0 Å². The highest BCUT2D eigenvalue weighted by Crippen LogP contribution is 2.44. The fourth-order valence-electron chi connectivity index (χ4n) is 3.79. The first-order valence-corrected chi connectivity index (χ1v) is 9.37. The van der Waals surface area contributed by atoms with E-state index in [9.17, 15) is 9.59 Å². The largest absolute Gasteiger partial charge is 0.449 e. The van der Waals surface area contributed by atoms with Crippen molar-refractivity contribution in [2.75, 3.05) is 6.61 Å². The minimum atomic E-state index is -0.613. The fraction of sp³-hybridized carbons (Fsp3) is 0.167. The first-order chi connectivity index (χ1) is 13.8. The number of benzene rings is 3. The van der Waals surface area contributed by atoms with Crippen molar-refractivity contribution in [2.24, 2.45) is 0 Å². The Kier molecular flexibility index (Phi) is 5.20. The molecule has 1 aliphatic carbocycles. The standard InChI is InChI=1S/C24H21NO3/c26-15-18(14-17-8-2-1-3-9-17)25-24(27)28-16-23-21-12-6-4-10-19(21)20-11-5-7-13-22(20)23/h1-13,15,18,23H,14,16H2,(H,25,27)/t18-/m1/s1. The molecule has 0 fully saturated rings. The number of fused-ring (bicyclic) bond motifs is 3. The average molecular weight is 371 g/mol. The second-order valence-corrected chi connectivity index (χ2v) is 6.90. The lowest BCUT2D eigenvalue weighted by atomic mass is 9.98. The van der Waals surface area contributed by atoms with Crippen LogP contribution < -0.4 is 5.32 Å². The molecular formula is C24H21NO3. The molecule has 4 heteroatoms. The molecule has 28 heavy (non-hydrogen) atoms. The van der Waals surface area contributed by atoms with Gasteiger partial charge in [-0.05, 0) is 34.2 Å². The summed E-state index contributed by atoms with van der Waals surface area (Å²) in [5.74, 6) is 0.00181. The van der Waals surface area contributed by atoms with Crippen LogP contribution in [0.4, 0.5) is 4.79 Å². The summed E-state index contributed by atoms with van der Waals surface area (Å²) in [6.45, 7) is 0.233. The first kappa shape index (κ1) is 18.0. The minimum Gasteiger partial charge on any atom is -0.449 e. The molecule has 0 bridgehead atoms. The molecule has 4 rings (SSSR count). The van der Waals surface area contributed by atoms with Crippen LogP contribution in [0.2, 0.25) is 0 Å². The summed E-state index contributed by atoms with van der Waals surface area (Å²) in [5, 5.41) is 2.66. The van der Waals surface area contributed by atoms with Gasteiger partial charge in [0.05, 0.1) is 6.04 Å². The molecule has 3 aromatic rings. The second kappa shape index (κ2) is 8.09. The van der Waals surface area contributed by atoms with Gasteiger partial charge in [-0.2, -0.15) is 0 Å². The van der Waals surface area contributed by atoms with Gasteiger partial charge >= 0.3 is 6.09 Å². The van der Waals surface area contributed by atoms with Crippen molar-refractivity contribution in [3.05, 3.63) is 95.6 Å². The molecule has 0 radical (unpaired) electrons. The Balaban J connectivity index is 1.41. The fourth-order valence-corrected chi connectivity index (χ4v) is 3.79. The highest BCUT2D eigenvalue weighted by Gasteiger charge is 2.29. The van der Waals surface area contributed by atoms with Crippen LogP contribution in [0, 0.1) is 0 Å². The highest BCUT2D eigenvalue weighted by atomic mass is 16.5. The first-order valence-electron chi connectivity index (χ1n) is 9.37. The van der Waals surface area contributed by atoms with Gasteiger partial charge in [0.25, 0.3) is 0 Å². The number of alkyl carbamates (subject to hydrolysis) is 1. The summed E-state index contributed by atoms with van der Waals surface area (Å²) in [7, 11) is 0. The third-order valence-corrected chi connectivity index (χ3v) is 5.11. The Bertz CT molecular complexity index is 938. The van der Waals surface area contributed by atoms with E-state index in [0.717, 1.165) is 23.0 Å². The lowest BCUT2D eigenvalue weighted by molar-refractivity contribution is -0.109. The van der Waals surface area contributed by atoms with Crippen LogP contribution in [0.25, 0.3) is 11.1 Å². The molecule has 0 aliphatic heterocycles. The molecule has 1 amide bonds. The van der Waals surface area contributed by atoms with Gasteiger partial charge in [0, 0.05) is 5.92 Å². The van der Waals surface area contributed by atoms with Crippen LogP contribution >= 0.6 is 0 Å². The van der Waals surface area contributed by atoms with E-state index in [1.165, 1.54) is 11.1 Å². The molecule has 0 unspecified atom stereocenters. The van der Waals surface area contributed by atoms with Crippen molar-refractivity contribution in [1.82, 2.24) is 5.32 Å². The number of carbonyl (C=O) groups is 2. The highest BCUT2D eigenvalue weighted by molar-refractivity contribution is 5.79. The summed E-state index contributed by atoms with van der Waals surface area (Å²) < 4.78 is 5.50. The lowest BCUT2D eigenvalue weighted by Crippen LogP contribution is -2.38. The van der Waals surface area contributed by atoms with Crippen LogP contribution in [-0.2, 0) is 16.0 Å². The number of aldehydes is 1. The van der Waals surface area contributed by atoms with Crippen molar-refractivity contribution >= 4 is 12.4 Å². The molecule has 0 heterocycles. The van der Waals surface area contributed by atoms with E-state index in [0.29, 0.717) is 6.42 Å². The van der Waals surface area contributed by atoms with Crippen LogP contribution in [0.1, 0.15) is 22.6 Å². The Morgan fingerprint density at radius 2 is 1.46 bits per heavy atom. The Hall–Kier alpha value is -3.40. The predicted molar refractivity (Wildman–Crippen MR) is 108 cm³/mol. The third-order valence-electron chi connectivity index (χ3n) is 5.11. The van der Waals surface area contributed by atoms with E-state index < -0.39 is 12.1 Å². The summed E-state index contributed by atoms with van der Waals surface area (Å²) in [5.41, 5.74) is 5.67. The van der Waals surface area contributed by atoms with Crippen molar-refractivity contribution in [1.29, 1.82) is 0 Å². The van der Waals surface area contributed by atoms with E-state index in [4.69, 9.17) is 4.74 Å². The number of carbonyl (C=O) groups excluding carboxylic acids is 2. The maximum absolute atomic E-state index is 12.3. The summed E-state index contributed by atoms with van der Waals surface area (Å²) in [6.07, 6.45) is 0.609. The maximum atomic E-state index is 12.3. The molecule has 4 nitrogen and oxygen atoms in total. The third kappa shape index (κ3) is 3.67. The zero-order valence-corrected chi connectivity index (χ0v) is 15.4. The zero-order valence-electron chi connectivity index (χ0n) is 15.4. The van der Waals surface area contributed by atoms with Crippen molar-refractivity contribution in [3.63, 3.8) is 0 Å². The van der Waals surface area contributed by atoms with Gasteiger partial charge in [-0.25, -0.2) is 4.79 Å². The van der Waals surface area contributed by atoms with E-state index in [-0.39, 0.29) is 12.5 Å². The Morgan fingerprint density at radius 3 is 2.07 bits per heavy atom. The summed E-state index contributed by atoms with van der Waals surface area (Å²) >= 11 is 0. The molecule has 1 aliphatic rings. The topological polar surface area (TPSA) is 55.4 Å². The Morgan fingerprint density at radius 1 is 0.893 bits per heavy atom. The SMILES string of the molecule is O=C[C@@H](Cc1ccccc1)NC(=O)OCC1c2ccccc2-c2ccccc21. The molecule has 1 N–H and O–H groups in total. The van der Waals surface area contributed by atoms with Crippen LogP contribution in [0.3, 0.4) is 0 Å².